The minimum absolute atomic E-state index is 0.100. The number of rotatable bonds is 6. The minimum atomic E-state index is -0.767. The summed E-state index contributed by atoms with van der Waals surface area (Å²) in [4.78, 5) is 4.63. The highest BCUT2D eigenvalue weighted by Crippen LogP contribution is 2.54. The first-order valence-electron chi connectivity index (χ1n) is 14.9. The standard InChI is InChI=1S/C35H37ClFN3O/c1-23(21-41-32-10-15-39-31-9-5-6-24(2)33(31)32)16-26-17-25-7-3-4-8-30(25)35(26)13-11-34(22-38,12-14-35)40-29-19-27(36)18-28(37)20-29/h3-4,7-8,10,15-16,18-20,23-24,40H,5-6,9,11-14,17,21H2,1-2H3/b26-16+/t23-,24-,34?,35?/m1/s1. The molecule has 0 bridgehead atoms. The number of aryl methyl sites for hydroxylation is 1. The lowest BCUT2D eigenvalue weighted by Gasteiger charge is -2.44. The number of fused-ring (bicyclic) bond motifs is 3. The summed E-state index contributed by atoms with van der Waals surface area (Å²) >= 11 is 6.10. The van der Waals surface area contributed by atoms with Crippen molar-refractivity contribution in [2.75, 3.05) is 11.9 Å². The zero-order chi connectivity index (χ0) is 28.6. The highest BCUT2D eigenvalue weighted by atomic mass is 35.5. The van der Waals surface area contributed by atoms with Crippen molar-refractivity contribution in [2.45, 2.75) is 82.1 Å². The monoisotopic (exact) mass is 569 g/mol. The first-order chi connectivity index (χ1) is 19.8. The molecule has 0 saturated heterocycles. The lowest BCUT2D eigenvalue weighted by atomic mass is 9.63. The molecule has 3 aliphatic rings. The molecule has 0 radical (unpaired) electrons. The van der Waals surface area contributed by atoms with E-state index >= 15 is 0 Å². The largest absolute Gasteiger partial charge is 0.493 e. The molecule has 1 saturated carbocycles. The van der Waals surface area contributed by atoms with Crippen molar-refractivity contribution < 1.29 is 9.13 Å². The number of anilines is 1. The predicted octanol–water partition coefficient (Wildman–Crippen LogP) is 8.70. The van der Waals surface area contributed by atoms with Crippen LogP contribution in [0.3, 0.4) is 0 Å². The number of pyridine rings is 1. The second kappa shape index (κ2) is 11.1. The summed E-state index contributed by atoms with van der Waals surface area (Å²) < 4.78 is 20.5. The van der Waals surface area contributed by atoms with Gasteiger partial charge < -0.3 is 10.1 Å². The molecule has 3 aliphatic carbocycles. The zero-order valence-corrected chi connectivity index (χ0v) is 24.6. The Morgan fingerprint density at radius 1 is 1.20 bits per heavy atom. The first-order valence-corrected chi connectivity index (χ1v) is 15.2. The molecule has 1 heterocycles. The van der Waals surface area contributed by atoms with Crippen LogP contribution in [0.4, 0.5) is 10.1 Å². The van der Waals surface area contributed by atoms with E-state index in [1.807, 2.05) is 12.3 Å². The summed E-state index contributed by atoms with van der Waals surface area (Å²) in [5.41, 5.74) is 6.35. The highest BCUT2D eigenvalue weighted by molar-refractivity contribution is 6.30. The summed E-state index contributed by atoms with van der Waals surface area (Å²) in [6.45, 7) is 5.13. The van der Waals surface area contributed by atoms with Crippen LogP contribution in [0.25, 0.3) is 0 Å². The quantitative estimate of drug-likeness (QED) is 0.302. The van der Waals surface area contributed by atoms with Crippen molar-refractivity contribution in [2.24, 2.45) is 5.92 Å². The normalized spacial score (nSPS) is 26.7. The van der Waals surface area contributed by atoms with Crippen LogP contribution in [0.5, 0.6) is 5.75 Å². The van der Waals surface area contributed by atoms with Crippen LogP contribution >= 0.6 is 11.6 Å². The molecule has 0 aliphatic heterocycles. The molecule has 1 fully saturated rings. The van der Waals surface area contributed by atoms with Crippen LogP contribution in [0.1, 0.15) is 80.7 Å². The van der Waals surface area contributed by atoms with Gasteiger partial charge in [-0.15, -0.1) is 0 Å². The summed E-state index contributed by atoms with van der Waals surface area (Å²) in [6.07, 6.45) is 11.7. The van der Waals surface area contributed by atoms with Gasteiger partial charge in [0.2, 0.25) is 0 Å². The van der Waals surface area contributed by atoms with Gasteiger partial charge in [-0.1, -0.05) is 61.4 Å². The van der Waals surface area contributed by atoms with Gasteiger partial charge >= 0.3 is 0 Å². The number of allylic oxidation sites excluding steroid dienone is 1. The van der Waals surface area contributed by atoms with E-state index in [9.17, 15) is 9.65 Å². The Bertz CT molecular complexity index is 1500. The van der Waals surface area contributed by atoms with Crippen LogP contribution in [0.15, 0.2) is 66.4 Å². The Kier molecular flexibility index (Phi) is 7.55. The van der Waals surface area contributed by atoms with Gasteiger partial charge in [-0.2, -0.15) is 5.26 Å². The molecular formula is C35H37ClFN3O. The van der Waals surface area contributed by atoms with Crippen molar-refractivity contribution >= 4 is 17.3 Å². The Hall–Kier alpha value is -3.36. The fraction of sp³-hybridized carbons (Fsp3) is 0.429. The van der Waals surface area contributed by atoms with E-state index in [1.54, 1.807) is 6.07 Å². The molecular weight excluding hydrogens is 533 g/mol. The number of hydrogen-bond acceptors (Lipinski definition) is 4. The highest BCUT2D eigenvalue weighted by Gasteiger charge is 2.49. The fourth-order valence-electron chi connectivity index (χ4n) is 7.45. The van der Waals surface area contributed by atoms with Gasteiger partial charge in [0, 0.05) is 39.5 Å². The maximum absolute atomic E-state index is 14.0. The third kappa shape index (κ3) is 5.35. The summed E-state index contributed by atoms with van der Waals surface area (Å²) in [7, 11) is 0. The summed E-state index contributed by atoms with van der Waals surface area (Å²) in [6, 6.07) is 17.7. The lowest BCUT2D eigenvalue weighted by Crippen LogP contribution is -2.45. The summed E-state index contributed by atoms with van der Waals surface area (Å²) in [5, 5.41) is 14.0. The van der Waals surface area contributed by atoms with Gasteiger partial charge in [-0.25, -0.2) is 4.39 Å². The molecule has 6 heteroatoms. The third-order valence-electron chi connectivity index (χ3n) is 9.51. The molecule has 2 aromatic carbocycles. The Balaban J connectivity index is 1.23. The van der Waals surface area contributed by atoms with E-state index in [0.717, 1.165) is 31.4 Å². The van der Waals surface area contributed by atoms with Crippen molar-refractivity contribution in [1.82, 2.24) is 4.98 Å². The summed E-state index contributed by atoms with van der Waals surface area (Å²) in [5.74, 6) is 1.28. The van der Waals surface area contributed by atoms with Crippen molar-refractivity contribution in [3.05, 3.63) is 99.6 Å². The molecule has 1 aromatic heterocycles. The second-order valence-electron chi connectivity index (χ2n) is 12.3. The number of aromatic nitrogens is 1. The molecule has 2 atom stereocenters. The smallest absolute Gasteiger partial charge is 0.126 e. The maximum Gasteiger partial charge on any atom is 0.126 e. The number of ether oxygens (including phenoxy) is 1. The molecule has 0 unspecified atom stereocenters. The van der Waals surface area contributed by atoms with Crippen LogP contribution in [0, 0.1) is 23.1 Å². The SMILES string of the molecule is C[C@H](/C=C1\Cc2ccccc2C12CCC(C#N)(Nc1cc(F)cc(Cl)c1)CC2)COc1ccnc2c1[C@H](C)CCC2. The number of hydrogen-bond donors (Lipinski definition) is 1. The van der Waals surface area contributed by atoms with E-state index in [0.29, 0.717) is 36.1 Å². The molecule has 41 heavy (non-hydrogen) atoms. The van der Waals surface area contributed by atoms with E-state index < -0.39 is 11.4 Å². The van der Waals surface area contributed by atoms with Gasteiger partial charge in [-0.05, 0) is 92.7 Å². The first kappa shape index (κ1) is 27.8. The van der Waals surface area contributed by atoms with Gasteiger partial charge in [0.15, 0.2) is 0 Å². The Morgan fingerprint density at radius 2 is 2.00 bits per heavy atom. The van der Waals surface area contributed by atoms with E-state index in [4.69, 9.17) is 16.3 Å². The van der Waals surface area contributed by atoms with Crippen LogP contribution in [-0.4, -0.2) is 17.1 Å². The molecule has 212 valence electrons. The van der Waals surface area contributed by atoms with Crippen LogP contribution in [0.2, 0.25) is 5.02 Å². The number of nitrogens with zero attached hydrogens (tertiary/aromatic N) is 2. The van der Waals surface area contributed by atoms with Gasteiger partial charge in [0.25, 0.3) is 0 Å². The molecule has 1 spiro atoms. The molecule has 1 N–H and O–H groups in total. The number of nitriles is 1. The van der Waals surface area contributed by atoms with Gasteiger partial charge in [-0.3, -0.25) is 4.98 Å². The van der Waals surface area contributed by atoms with Gasteiger partial charge in [0.1, 0.15) is 17.1 Å². The minimum Gasteiger partial charge on any atom is -0.493 e. The number of halogens is 2. The third-order valence-corrected chi connectivity index (χ3v) is 9.73. The maximum atomic E-state index is 14.0. The predicted molar refractivity (Wildman–Crippen MR) is 162 cm³/mol. The second-order valence-corrected chi connectivity index (χ2v) is 12.8. The Labute approximate surface area is 247 Å². The van der Waals surface area contributed by atoms with Gasteiger partial charge in [0.05, 0.1) is 12.7 Å². The lowest BCUT2D eigenvalue weighted by molar-refractivity contribution is 0.270. The van der Waals surface area contributed by atoms with E-state index in [1.165, 1.54) is 52.9 Å². The topological polar surface area (TPSA) is 57.9 Å². The number of nitrogens with one attached hydrogen (secondary N) is 1. The molecule has 3 aromatic rings. The van der Waals surface area contributed by atoms with Crippen LogP contribution in [-0.2, 0) is 18.3 Å². The van der Waals surface area contributed by atoms with Crippen molar-refractivity contribution in [1.29, 1.82) is 5.26 Å². The Morgan fingerprint density at radius 3 is 2.78 bits per heavy atom. The molecule has 0 amide bonds. The molecule has 4 nitrogen and oxygen atoms in total. The van der Waals surface area contributed by atoms with E-state index in [-0.39, 0.29) is 11.3 Å². The van der Waals surface area contributed by atoms with E-state index in [2.05, 4.69) is 60.6 Å². The zero-order valence-electron chi connectivity index (χ0n) is 23.9. The number of benzene rings is 2. The van der Waals surface area contributed by atoms with Crippen LogP contribution < -0.4 is 10.1 Å². The van der Waals surface area contributed by atoms with Crippen molar-refractivity contribution in [3.63, 3.8) is 0 Å². The van der Waals surface area contributed by atoms with Crippen molar-refractivity contribution in [3.8, 4) is 11.8 Å². The average molecular weight is 570 g/mol. The molecule has 6 rings (SSSR count). The average Bonchev–Trinajstić information content (AvgIpc) is 3.25. The fourth-order valence-corrected chi connectivity index (χ4v) is 7.67.